The van der Waals surface area contributed by atoms with Crippen molar-refractivity contribution < 1.29 is 9.53 Å². The van der Waals surface area contributed by atoms with Crippen LogP contribution in [0.15, 0.2) is 11.4 Å². The number of aromatic nitrogens is 1. The third-order valence-corrected chi connectivity index (χ3v) is 5.18. The molecule has 0 unspecified atom stereocenters. The molecule has 3 N–H and O–H groups in total. The number of carbonyl (C=O) groups excluding carboxylic acids is 1. The van der Waals surface area contributed by atoms with Gasteiger partial charge in [-0.2, -0.15) is 0 Å². The topological polar surface area (TPSA) is 77.2 Å². The van der Waals surface area contributed by atoms with Crippen molar-refractivity contribution in [3.05, 3.63) is 26.9 Å². The first-order chi connectivity index (χ1) is 9.65. The van der Waals surface area contributed by atoms with E-state index >= 15 is 0 Å². The molecule has 8 heteroatoms. The van der Waals surface area contributed by atoms with Gasteiger partial charge >= 0.3 is 0 Å². The summed E-state index contributed by atoms with van der Waals surface area (Å²) in [6.45, 7) is 0. The molecule has 2 aromatic heterocycles. The molecule has 0 saturated heterocycles. The van der Waals surface area contributed by atoms with Crippen molar-refractivity contribution in [2.75, 3.05) is 12.4 Å². The number of thiazole rings is 1. The average molecular weight is 346 g/mol. The number of nitrogens with zero attached hydrogens (tertiary/aromatic N) is 1. The third-order valence-electron chi connectivity index (χ3n) is 3.23. The average Bonchev–Trinajstić information content (AvgIpc) is 3.03. The van der Waals surface area contributed by atoms with Crippen LogP contribution in [0, 0.1) is 0 Å². The number of rotatable bonds is 3. The zero-order valence-electron chi connectivity index (χ0n) is 11.4. The number of fused-ring (bicyclic) bond motifs is 1. The van der Waals surface area contributed by atoms with E-state index in [0.29, 0.717) is 15.8 Å². The minimum Gasteiger partial charge on any atom is -0.496 e. The van der Waals surface area contributed by atoms with Crippen LogP contribution in [-0.4, -0.2) is 24.0 Å². The molecule has 0 fully saturated rings. The number of hydrogen-bond acceptors (Lipinski definition) is 6. The number of carbonyl (C=O) groups is 1. The van der Waals surface area contributed by atoms with Crippen LogP contribution in [0.25, 0.3) is 0 Å². The van der Waals surface area contributed by atoms with E-state index in [-0.39, 0.29) is 24.4 Å². The molecule has 1 aliphatic rings. The van der Waals surface area contributed by atoms with Gasteiger partial charge in [-0.25, -0.2) is 4.98 Å². The first-order valence-electron chi connectivity index (χ1n) is 6.33. The molecule has 21 heavy (non-hydrogen) atoms. The molecule has 1 amide bonds. The number of hydrogen-bond donors (Lipinski definition) is 2. The second-order valence-corrected chi connectivity index (χ2v) is 6.69. The smallest absolute Gasteiger partial charge is 0.267 e. The van der Waals surface area contributed by atoms with E-state index in [1.54, 1.807) is 18.6 Å². The van der Waals surface area contributed by atoms with E-state index in [1.165, 1.54) is 27.6 Å². The van der Waals surface area contributed by atoms with Crippen LogP contribution in [0.3, 0.4) is 0 Å². The second-order valence-electron chi connectivity index (χ2n) is 4.70. The van der Waals surface area contributed by atoms with Gasteiger partial charge in [0.15, 0.2) is 5.13 Å². The number of thiophene rings is 1. The normalized spacial score (nSPS) is 16.8. The van der Waals surface area contributed by atoms with Gasteiger partial charge in [0.1, 0.15) is 5.75 Å². The molecule has 3 rings (SSSR count). The quantitative estimate of drug-likeness (QED) is 0.896. The lowest BCUT2D eigenvalue weighted by Gasteiger charge is -2.15. The van der Waals surface area contributed by atoms with E-state index in [0.717, 1.165) is 25.0 Å². The van der Waals surface area contributed by atoms with Crippen LogP contribution in [-0.2, 0) is 12.8 Å². The number of anilines is 1. The van der Waals surface area contributed by atoms with Gasteiger partial charge in [-0.1, -0.05) is 0 Å². The number of halogens is 1. The van der Waals surface area contributed by atoms with Gasteiger partial charge in [0, 0.05) is 22.4 Å². The molecule has 1 aliphatic carbocycles. The zero-order chi connectivity index (χ0) is 14.1. The highest BCUT2D eigenvalue weighted by molar-refractivity contribution is 7.16. The Morgan fingerprint density at radius 2 is 2.38 bits per heavy atom. The Bertz CT molecular complexity index is 641. The SMILES string of the molecule is COc1csc(C(=O)Nc2nc3c(s2)C[C@@H](N)CC3)c1.Cl. The van der Waals surface area contributed by atoms with Gasteiger partial charge in [0.05, 0.1) is 17.7 Å². The standard InChI is InChI=1S/C13H15N3O2S2.ClH/c1-18-8-5-11(19-6-8)12(17)16-13-15-9-3-2-7(14)4-10(9)20-13;/h5-7H,2-4,14H2,1H3,(H,15,16,17);1H/t7-;/m0./s1. The predicted octanol–water partition coefficient (Wildman–Crippen LogP) is 2.70. The van der Waals surface area contributed by atoms with Gasteiger partial charge in [-0.15, -0.1) is 35.1 Å². The Labute approximate surface area is 136 Å². The number of nitrogens with two attached hydrogens (primary N) is 1. The highest BCUT2D eigenvalue weighted by Crippen LogP contribution is 2.30. The van der Waals surface area contributed by atoms with E-state index in [9.17, 15) is 4.79 Å². The van der Waals surface area contributed by atoms with Crippen molar-refractivity contribution in [3.8, 4) is 5.75 Å². The number of ether oxygens (including phenoxy) is 1. The maximum Gasteiger partial charge on any atom is 0.267 e. The van der Waals surface area contributed by atoms with Crippen LogP contribution in [0.5, 0.6) is 5.75 Å². The minimum atomic E-state index is -0.145. The summed E-state index contributed by atoms with van der Waals surface area (Å²) in [5.41, 5.74) is 7.03. The van der Waals surface area contributed by atoms with E-state index in [2.05, 4.69) is 10.3 Å². The van der Waals surface area contributed by atoms with Gasteiger partial charge in [-0.3, -0.25) is 10.1 Å². The second kappa shape index (κ2) is 6.74. The first kappa shape index (κ1) is 16.2. The summed E-state index contributed by atoms with van der Waals surface area (Å²) in [6.07, 6.45) is 2.72. The molecule has 1 atom stereocenters. The Hall–Kier alpha value is -1.15. The predicted molar refractivity (Wildman–Crippen MR) is 88.2 cm³/mol. The van der Waals surface area contributed by atoms with Crippen molar-refractivity contribution in [2.45, 2.75) is 25.3 Å². The highest BCUT2D eigenvalue weighted by atomic mass is 35.5. The molecule has 0 radical (unpaired) electrons. The number of amides is 1. The molecule has 0 spiro atoms. The van der Waals surface area contributed by atoms with Gasteiger partial charge in [0.2, 0.25) is 0 Å². The lowest BCUT2D eigenvalue weighted by atomic mass is 9.99. The number of nitrogens with one attached hydrogen (secondary N) is 1. The Morgan fingerprint density at radius 3 is 3.10 bits per heavy atom. The Morgan fingerprint density at radius 1 is 1.57 bits per heavy atom. The Kier molecular flexibility index (Phi) is 5.21. The third kappa shape index (κ3) is 3.55. The van der Waals surface area contributed by atoms with Gasteiger partial charge in [-0.05, 0) is 19.3 Å². The van der Waals surface area contributed by atoms with Crippen LogP contribution in [0.4, 0.5) is 5.13 Å². The highest BCUT2D eigenvalue weighted by Gasteiger charge is 2.21. The molecular weight excluding hydrogens is 330 g/mol. The van der Waals surface area contributed by atoms with Gasteiger partial charge < -0.3 is 10.5 Å². The summed E-state index contributed by atoms with van der Waals surface area (Å²) in [5.74, 6) is 0.554. The van der Waals surface area contributed by atoms with Crippen molar-refractivity contribution in [1.82, 2.24) is 4.98 Å². The molecule has 114 valence electrons. The summed E-state index contributed by atoms with van der Waals surface area (Å²) in [4.78, 5) is 18.4. The van der Waals surface area contributed by atoms with E-state index in [4.69, 9.17) is 10.5 Å². The minimum absolute atomic E-state index is 0. The zero-order valence-corrected chi connectivity index (χ0v) is 13.9. The summed E-state index contributed by atoms with van der Waals surface area (Å²) < 4.78 is 5.08. The molecule has 2 heterocycles. The van der Waals surface area contributed by atoms with Crippen molar-refractivity contribution in [2.24, 2.45) is 5.73 Å². The number of methoxy groups -OCH3 is 1. The first-order valence-corrected chi connectivity index (χ1v) is 8.03. The van der Waals surface area contributed by atoms with Crippen LogP contribution in [0.1, 0.15) is 26.7 Å². The lowest BCUT2D eigenvalue weighted by Crippen LogP contribution is -2.26. The molecule has 0 aliphatic heterocycles. The summed E-state index contributed by atoms with van der Waals surface area (Å²) in [5, 5.41) is 5.31. The maximum atomic E-state index is 12.1. The molecule has 0 saturated carbocycles. The summed E-state index contributed by atoms with van der Waals surface area (Å²) in [7, 11) is 1.59. The maximum absolute atomic E-state index is 12.1. The molecule has 5 nitrogen and oxygen atoms in total. The Balaban J connectivity index is 0.00000161. The van der Waals surface area contributed by atoms with Crippen LogP contribution in [0.2, 0.25) is 0 Å². The fourth-order valence-electron chi connectivity index (χ4n) is 2.16. The summed E-state index contributed by atoms with van der Waals surface area (Å²) in [6, 6.07) is 1.94. The van der Waals surface area contributed by atoms with Crippen molar-refractivity contribution in [1.29, 1.82) is 0 Å². The summed E-state index contributed by atoms with van der Waals surface area (Å²) >= 11 is 2.88. The fourth-order valence-corrected chi connectivity index (χ4v) is 4.00. The van der Waals surface area contributed by atoms with Crippen molar-refractivity contribution >= 4 is 46.1 Å². The molecule has 2 aromatic rings. The molecule has 0 aromatic carbocycles. The van der Waals surface area contributed by atoms with Gasteiger partial charge in [0.25, 0.3) is 5.91 Å². The van der Waals surface area contributed by atoms with Crippen LogP contribution >= 0.6 is 35.1 Å². The van der Waals surface area contributed by atoms with Crippen LogP contribution < -0.4 is 15.8 Å². The molecule has 0 bridgehead atoms. The fraction of sp³-hybridized carbons (Fsp3) is 0.385. The molecular formula is C13H16ClN3O2S2. The van der Waals surface area contributed by atoms with Crippen molar-refractivity contribution in [3.63, 3.8) is 0 Å². The lowest BCUT2D eigenvalue weighted by molar-refractivity contribution is 0.103. The largest absolute Gasteiger partial charge is 0.496 e. The van der Waals surface area contributed by atoms with E-state index < -0.39 is 0 Å². The number of aryl methyl sites for hydroxylation is 1. The van der Waals surface area contributed by atoms with E-state index in [1.807, 2.05) is 0 Å². The monoisotopic (exact) mass is 345 g/mol.